The SMILES string of the molecule is CCNC1CCCN(S(=O)(=O)NCC)c2ccccc21. The fraction of sp³-hybridized carbons (Fsp3) is 0.571. The van der Waals surface area contributed by atoms with Crippen LogP contribution in [0.1, 0.15) is 38.3 Å². The zero-order valence-corrected chi connectivity index (χ0v) is 12.9. The van der Waals surface area contributed by atoms with Crippen LogP contribution in [0.4, 0.5) is 5.69 Å². The average molecular weight is 297 g/mol. The van der Waals surface area contributed by atoms with E-state index in [1.807, 2.05) is 24.3 Å². The number of hydrogen-bond acceptors (Lipinski definition) is 3. The van der Waals surface area contributed by atoms with Crippen molar-refractivity contribution < 1.29 is 8.42 Å². The molecule has 0 bridgehead atoms. The molecular weight excluding hydrogens is 274 g/mol. The van der Waals surface area contributed by atoms with Crippen LogP contribution in [0.2, 0.25) is 0 Å². The number of nitrogens with one attached hydrogen (secondary N) is 2. The van der Waals surface area contributed by atoms with Crippen LogP contribution in [-0.4, -0.2) is 28.1 Å². The van der Waals surface area contributed by atoms with Crippen LogP contribution in [0.25, 0.3) is 0 Å². The standard InChI is InChI=1S/C14H23N3O2S/c1-3-15-13-9-7-11-17(20(18,19)16-4-2)14-10-6-5-8-12(13)14/h5-6,8,10,13,15-16H,3-4,7,9,11H2,1-2H3. The third-order valence-corrected chi connectivity index (χ3v) is 5.12. The van der Waals surface area contributed by atoms with Gasteiger partial charge in [0.15, 0.2) is 0 Å². The largest absolute Gasteiger partial charge is 0.310 e. The second-order valence-corrected chi connectivity index (χ2v) is 6.57. The predicted octanol–water partition coefficient (Wildman–Crippen LogP) is 1.79. The first-order valence-electron chi connectivity index (χ1n) is 7.19. The summed E-state index contributed by atoms with van der Waals surface area (Å²) in [6, 6.07) is 7.98. The summed E-state index contributed by atoms with van der Waals surface area (Å²) in [6.07, 6.45) is 1.79. The van der Waals surface area contributed by atoms with Crippen LogP contribution < -0.4 is 14.3 Å². The van der Waals surface area contributed by atoms with Crippen molar-refractivity contribution in [3.05, 3.63) is 29.8 Å². The summed E-state index contributed by atoms with van der Waals surface area (Å²) in [6.45, 7) is 5.66. The second-order valence-electron chi connectivity index (χ2n) is 4.89. The predicted molar refractivity (Wildman–Crippen MR) is 82.0 cm³/mol. The zero-order chi connectivity index (χ0) is 14.6. The van der Waals surface area contributed by atoms with Gasteiger partial charge in [0.25, 0.3) is 0 Å². The first-order valence-corrected chi connectivity index (χ1v) is 8.63. The molecule has 1 aromatic rings. The summed E-state index contributed by atoms with van der Waals surface area (Å²) in [5.41, 5.74) is 1.85. The lowest BCUT2D eigenvalue weighted by molar-refractivity contribution is 0.511. The Kier molecular flexibility index (Phi) is 5.01. The van der Waals surface area contributed by atoms with E-state index in [2.05, 4.69) is 17.0 Å². The first-order chi connectivity index (χ1) is 9.60. The van der Waals surface area contributed by atoms with Gasteiger partial charge in [-0.25, -0.2) is 0 Å². The normalized spacial score (nSPS) is 19.5. The molecule has 1 atom stereocenters. The number of hydrogen-bond donors (Lipinski definition) is 2. The van der Waals surface area contributed by atoms with Crippen molar-refractivity contribution in [3.63, 3.8) is 0 Å². The van der Waals surface area contributed by atoms with E-state index in [0.717, 1.165) is 30.6 Å². The van der Waals surface area contributed by atoms with Crippen LogP contribution in [0, 0.1) is 0 Å². The Morgan fingerprint density at radius 1 is 1.25 bits per heavy atom. The smallest absolute Gasteiger partial charge is 0.301 e. The molecule has 1 aliphatic rings. The first kappa shape index (κ1) is 15.3. The van der Waals surface area contributed by atoms with Gasteiger partial charge in [-0.15, -0.1) is 0 Å². The van der Waals surface area contributed by atoms with Crippen molar-refractivity contribution in [1.29, 1.82) is 0 Å². The number of benzene rings is 1. The van der Waals surface area contributed by atoms with E-state index in [9.17, 15) is 8.42 Å². The summed E-state index contributed by atoms with van der Waals surface area (Å²) < 4.78 is 28.8. The van der Waals surface area contributed by atoms with Crippen molar-refractivity contribution in [1.82, 2.24) is 10.0 Å². The molecule has 0 spiro atoms. The Morgan fingerprint density at radius 2 is 2.00 bits per heavy atom. The van der Waals surface area contributed by atoms with Gasteiger partial charge in [-0.05, 0) is 31.0 Å². The monoisotopic (exact) mass is 297 g/mol. The Hall–Kier alpha value is -1.11. The van der Waals surface area contributed by atoms with Crippen molar-refractivity contribution in [3.8, 4) is 0 Å². The lowest BCUT2D eigenvalue weighted by Crippen LogP contribution is -2.41. The molecular formula is C14H23N3O2S. The molecule has 0 saturated carbocycles. The zero-order valence-electron chi connectivity index (χ0n) is 12.1. The molecule has 2 N–H and O–H groups in total. The van der Waals surface area contributed by atoms with E-state index in [1.165, 1.54) is 4.31 Å². The number of anilines is 1. The maximum Gasteiger partial charge on any atom is 0.301 e. The lowest BCUT2D eigenvalue weighted by Gasteiger charge is -2.25. The van der Waals surface area contributed by atoms with Gasteiger partial charge in [-0.2, -0.15) is 13.1 Å². The van der Waals surface area contributed by atoms with E-state index in [1.54, 1.807) is 6.92 Å². The van der Waals surface area contributed by atoms with Crippen LogP contribution in [0.3, 0.4) is 0 Å². The lowest BCUT2D eigenvalue weighted by atomic mass is 10.0. The number of fused-ring (bicyclic) bond motifs is 1. The highest BCUT2D eigenvalue weighted by Crippen LogP contribution is 2.33. The summed E-state index contributed by atoms with van der Waals surface area (Å²) in [7, 11) is -3.45. The molecule has 0 fully saturated rings. The summed E-state index contributed by atoms with van der Waals surface area (Å²) in [5.74, 6) is 0. The minimum absolute atomic E-state index is 0.220. The molecule has 0 saturated heterocycles. The van der Waals surface area contributed by atoms with Gasteiger partial charge in [0.1, 0.15) is 0 Å². The molecule has 6 heteroatoms. The van der Waals surface area contributed by atoms with Crippen molar-refractivity contribution >= 4 is 15.9 Å². The maximum absolute atomic E-state index is 12.4. The van der Waals surface area contributed by atoms with Crippen molar-refractivity contribution in [2.24, 2.45) is 0 Å². The molecule has 0 radical (unpaired) electrons. The molecule has 0 aromatic heterocycles. The molecule has 1 aliphatic heterocycles. The van der Waals surface area contributed by atoms with E-state index in [4.69, 9.17) is 0 Å². The van der Waals surface area contributed by atoms with Crippen LogP contribution in [0.5, 0.6) is 0 Å². The maximum atomic E-state index is 12.4. The van der Waals surface area contributed by atoms with Gasteiger partial charge < -0.3 is 5.32 Å². The van der Waals surface area contributed by atoms with E-state index < -0.39 is 10.2 Å². The van der Waals surface area contributed by atoms with E-state index in [-0.39, 0.29) is 6.04 Å². The minimum atomic E-state index is -3.45. The van der Waals surface area contributed by atoms with Crippen molar-refractivity contribution in [2.45, 2.75) is 32.7 Å². The molecule has 20 heavy (non-hydrogen) atoms. The van der Waals surface area contributed by atoms with E-state index >= 15 is 0 Å². The Bertz CT molecular complexity index is 545. The highest BCUT2D eigenvalue weighted by Gasteiger charge is 2.28. The highest BCUT2D eigenvalue weighted by molar-refractivity contribution is 7.90. The summed E-state index contributed by atoms with van der Waals surface area (Å²) in [5, 5.41) is 3.44. The molecule has 1 heterocycles. The molecule has 1 aromatic carbocycles. The van der Waals surface area contributed by atoms with Gasteiger partial charge >= 0.3 is 10.2 Å². The Labute approximate surface area is 121 Å². The highest BCUT2D eigenvalue weighted by atomic mass is 32.2. The van der Waals surface area contributed by atoms with Gasteiger partial charge in [-0.1, -0.05) is 32.0 Å². The molecule has 2 rings (SSSR count). The summed E-state index contributed by atoms with van der Waals surface area (Å²) in [4.78, 5) is 0. The van der Waals surface area contributed by atoms with Crippen LogP contribution in [0.15, 0.2) is 24.3 Å². The molecule has 0 aliphatic carbocycles. The topological polar surface area (TPSA) is 61.4 Å². The number of para-hydroxylation sites is 1. The number of nitrogens with zero attached hydrogens (tertiary/aromatic N) is 1. The third kappa shape index (κ3) is 3.13. The van der Waals surface area contributed by atoms with Gasteiger partial charge in [0, 0.05) is 19.1 Å². The molecule has 1 unspecified atom stereocenters. The third-order valence-electron chi connectivity index (χ3n) is 3.50. The van der Waals surface area contributed by atoms with Crippen molar-refractivity contribution in [2.75, 3.05) is 23.9 Å². The van der Waals surface area contributed by atoms with Gasteiger partial charge in [-0.3, -0.25) is 4.31 Å². The fourth-order valence-corrected chi connectivity index (χ4v) is 4.01. The van der Waals surface area contributed by atoms with E-state index in [0.29, 0.717) is 13.1 Å². The molecule has 112 valence electrons. The minimum Gasteiger partial charge on any atom is -0.310 e. The van der Waals surface area contributed by atoms with Crippen LogP contribution >= 0.6 is 0 Å². The second kappa shape index (κ2) is 6.56. The van der Waals surface area contributed by atoms with Gasteiger partial charge in [0.2, 0.25) is 0 Å². The van der Waals surface area contributed by atoms with Gasteiger partial charge in [0.05, 0.1) is 5.69 Å². The molecule has 0 amide bonds. The Balaban J connectivity index is 2.43. The quantitative estimate of drug-likeness (QED) is 0.871. The average Bonchev–Trinajstić information content (AvgIpc) is 2.60. The number of rotatable bonds is 5. The molecule has 5 nitrogen and oxygen atoms in total. The Morgan fingerprint density at radius 3 is 2.70 bits per heavy atom. The fourth-order valence-electron chi connectivity index (χ4n) is 2.69. The summed E-state index contributed by atoms with van der Waals surface area (Å²) >= 11 is 0. The van der Waals surface area contributed by atoms with Crippen LogP contribution in [-0.2, 0) is 10.2 Å².